The minimum Gasteiger partial charge on any atom is -0.507 e. The van der Waals surface area contributed by atoms with Gasteiger partial charge in [0.1, 0.15) is 17.6 Å². The summed E-state index contributed by atoms with van der Waals surface area (Å²) in [5.41, 5.74) is 2.24. The van der Waals surface area contributed by atoms with Crippen LogP contribution in [0.2, 0.25) is 0 Å². The van der Waals surface area contributed by atoms with Crippen molar-refractivity contribution in [2.24, 2.45) is 11.8 Å². The summed E-state index contributed by atoms with van der Waals surface area (Å²) in [7, 11) is 0. The zero-order chi connectivity index (χ0) is 16.6. The van der Waals surface area contributed by atoms with Crippen LogP contribution in [0.1, 0.15) is 77.3 Å². The maximum atomic E-state index is 10.7. The van der Waals surface area contributed by atoms with Crippen molar-refractivity contribution in [1.82, 2.24) is 0 Å². The van der Waals surface area contributed by atoms with Crippen molar-refractivity contribution in [3.8, 4) is 11.5 Å². The standard InChI is InChI=1S/C21H32O2/c1-5-6-7-8-15-12-17(22)20-19(13-15)23-18-11-14(2)9-10-16(18)21(20,3)4/h12-14,16,18,22H,5-11H2,1-4H3. The summed E-state index contributed by atoms with van der Waals surface area (Å²) in [5.74, 6) is 2.64. The van der Waals surface area contributed by atoms with Gasteiger partial charge < -0.3 is 9.84 Å². The maximum absolute atomic E-state index is 10.7. The fraction of sp³-hybridized carbons (Fsp3) is 0.714. The van der Waals surface area contributed by atoms with Gasteiger partial charge in [-0.25, -0.2) is 0 Å². The van der Waals surface area contributed by atoms with E-state index in [0.29, 0.717) is 17.8 Å². The SMILES string of the molecule is CCCCCc1cc(O)c2c(c1)OC1CC(C)CCC1C2(C)C. The Balaban J connectivity index is 1.92. The Bertz CT molecular complexity index is 561. The Hall–Kier alpha value is -1.18. The van der Waals surface area contributed by atoms with Crippen molar-refractivity contribution in [1.29, 1.82) is 0 Å². The predicted molar refractivity (Wildman–Crippen MR) is 95.3 cm³/mol. The Labute approximate surface area is 141 Å². The van der Waals surface area contributed by atoms with Gasteiger partial charge in [-0.05, 0) is 49.3 Å². The van der Waals surface area contributed by atoms with Gasteiger partial charge in [-0.1, -0.05) is 47.0 Å². The predicted octanol–water partition coefficient (Wildman–Crippen LogP) is 5.60. The van der Waals surface area contributed by atoms with E-state index < -0.39 is 0 Å². The number of aryl methyl sites for hydroxylation is 1. The van der Waals surface area contributed by atoms with Crippen molar-refractivity contribution in [2.45, 2.75) is 84.2 Å². The molecular formula is C21H32O2. The van der Waals surface area contributed by atoms with E-state index in [1.807, 2.05) is 6.07 Å². The highest BCUT2D eigenvalue weighted by Crippen LogP contribution is 2.53. The fourth-order valence-electron chi connectivity index (χ4n) is 4.75. The van der Waals surface area contributed by atoms with Crippen LogP contribution in [0.15, 0.2) is 12.1 Å². The van der Waals surface area contributed by atoms with E-state index in [9.17, 15) is 5.11 Å². The van der Waals surface area contributed by atoms with Crippen LogP contribution < -0.4 is 4.74 Å². The number of aromatic hydroxyl groups is 1. The van der Waals surface area contributed by atoms with E-state index in [2.05, 4.69) is 33.8 Å². The molecule has 1 fully saturated rings. The lowest BCUT2D eigenvalue weighted by molar-refractivity contribution is 0.00966. The maximum Gasteiger partial charge on any atom is 0.127 e. The third kappa shape index (κ3) is 3.09. The topological polar surface area (TPSA) is 29.5 Å². The average Bonchev–Trinajstić information content (AvgIpc) is 2.46. The lowest BCUT2D eigenvalue weighted by Crippen LogP contribution is -2.47. The number of ether oxygens (including phenoxy) is 1. The van der Waals surface area contributed by atoms with Gasteiger partial charge in [0.25, 0.3) is 0 Å². The molecule has 0 radical (unpaired) electrons. The molecule has 0 aromatic heterocycles. The van der Waals surface area contributed by atoms with Gasteiger partial charge in [0.2, 0.25) is 0 Å². The van der Waals surface area contributed by atoms with Crippen LogP contribution in [0.3, 0.4) is 0 Å². The highest BCUT2D eigenvalue weighted by Gasteiger charge is 2.47. The second-order valence-corrected chi connectivity index (χ2v) is 8.35. The quantitative estimate of drug-likeness (QED) is 0.733. The van der Waals surface area contributed by atoms with Gasteiger partial charge in [-0.3, -0.25) is 0 Å². The van der Waals surface area contributed by atoms with Gasteiger partial charge >= 0.3 is 0 Å². The molecule has 1 aliphatic carbocycles. The lowest BCUT2D eigenvalue weighted by Gasteiger charge is -2.48. The molecular weight excluding hydrogens is 284 g/mol. The lowest BCUT2D eigenvalue weighted by atomic mass is 9.62. The second-order valence-electron chi connectivity index (χ2n) is 8.35. The molecule has 1 aliphatic heterocycles. The molecule has 2 aliphatic rings. The molecule has 2 nitrogen and oxygen atoms in total. The monoisotopic (exact) mass is 316 g/mol. The molecule has 3 atom stereocenters. The molecule has 1 N–H and O–H groups in total. The van der Waals surface area contributed by atoms with Crippen LogP contribution in [-0.4, -0.2) is 11.2 Å². The highest BCUT2D eigenvalue weighted by molar-refractivity contribution is 5.53. The minimum absolute atomic E-state index is 0.00950. The largest absolute Gasteiger partial charge is 0.507 e. The van der Waals surface area contributed by atoms with Crippen LogP contribution in [-0.2, 0) is 11.8 Å². The van der Waals surface area contributed by atoms with Gasteiger partial charge in [-0.15, -0.1) is 0 Å². The Morgan fingerprint density at radius 2 is 2.00 bits per heavy atom. The summed E-state index contributed by atoms with van der Waals surface area (Å²) < 4.78 is 6.41. The molecule has 3 rings (SSSR count). The first kappa shape index (κ1) is 16.7. The van der Waals surface area contributed by atoms with Crippen LogP contribution in [0.4, 0.5) is 0 Å². The fourth-order valence-corrected chi connectivity index (χ4v) is 4.75. The number of rotatable bonds is 4. The molecule has 1 saturated carbocycles. The summed E-state index contributed by atoms with van der Waals surface area (Å²) in [6.45, 7) is 9.14. The minimum atomic E-state index is -0.00950. The molecule has 23 heavy (non-hydrogen) atoms. The number of unbranched alkanes of at least 4 members (excludes halogenated alkanes) is 2. The molecule has 0 spiro atoms. The summed E-state index contributed by atoms with van der Waals surface area (Å²) in [6.07, 6.45) is 8.62. The zero-order valence-corrected chi connectivity index (χ0v) is 15.2. The molecule has 0 bridgehead atoms. The van der Waals surface area contributed by atoms with Crippen LogP contribution in [0.25, 0.3) is 0 Å². The molecule has 2 heteroatoms. The first-order chi connectivity index (χ1) is 10.9. The summed E-state index contributed by atoms with van der Waals surface area (Å²) in [5, 5.41) is 10.7. The first-order valence-electron chi connectivity index (χ1n) is 9.46. The summed E-state index contributed by atoms with van der Waals surface area (Å²) in [4.78, 5) is 0. The van der Waals surface area contributed by atoms with Crippen LogP contribution >= 0.6 is 0 Å². The Morgan fingerprint density at radius 1 is 1.22 bits per heavy atom. The first-order valence-corrected chi connectivity index (χ1v) is 9.46. The third-order valence-corrected chi connectivity index (χ3v) is 6.11. The molecule has 128 valence electrons. The molecule has 0 amide bonds. The molecule has 3 unspecified atom stereocenters. The van der Waals surface area contributed by atoms with Gasteiger partial charge in [0.15, 0.2) is 0 Å². The van der Waals surface area contributed by atoms with Crippen molar-refractivity contribution in [3.05, 3.63) is 23.3 Å². The van der Waals surface area contributed by atoms with Crippen molar-refractivity contribution < 1.29 is 9.84 Å². The Morgan fingerprint density at radius 3 is 2.74 bits per heavy atom. The number of fused-ring (bicyclic) bond motifs is 2. The highest BCUT2D eigenvalue weighted by atomic mass is 16.5. The molecule has 0 saturated heterocycles. The van der Waals surface area contributed by atoms with Gasteiger partial charge in [0.05, 0.1) is 0 Å². The summed E-state index contributed by atoms with van der Waals surface area (Å²) in [6, 6.07) is 4.17. The second kappa shape index (κ2) is 6.37. The molecule has 1 heterocycles. The summed E-state index contributed by atoms with van der Waals surface area (Å²) >= 11 is 0. The zero-order valence-electron chi connectivity index (χ0n) is 15.2. The average molecular weight is 316 g/mol. The van der Waals surface area contributed by atoms with E-state index in [-0.39, 0.29) is 5.41 Å². The van der Waals surface area contributed by atoms with Crippen molar-refractivity contribution >= 4 is 0 Å². The van der Waals surface area contributed by atoms with E-state index >= 15 is 0 Å². The van der Waals surface area contributed by atoms with Crippen LogP contribution in [0, 0.1) is 11.8 Å². The van der Waals surface area contributed by atoms with E-state index in [4.69, 9.17) is 4.74 Å². The number of phenolic OH excluding ortho intramolecular Hbond substituents is 1. The number of hydrogen-bond acceptors (Lipinski definition) is 2. The van der Waals surface area contributed by atoms with E-state index in [1.54, 1.807) is 0 Å². The molecule has 1 aromatic carbocycles. The Kier molecular flexibility index (Phi) is 4.62. The van der Waals surface area contributed by atoms with Crippen LogP contribution in [0.5, 0.6) is 11.5 Å². The molecule has 1 aromatic rings. The number of phenols is 1. The van der Waals surface area contributed by atoms with Crippen molar-refractivity contribution in [2.75, 3.05) is 0 Å². The number of benzene rings is 1. The normalized spacial score (nSPS) is 28.6. The number of hydrogen-bond donors (Lipinski definition) is 1. The van der Waals surface area contributed by atoms with E-state index in [1.165, 1.54) is 37.7 Å². The third-order valence-electron chi connectivity index (χ3n) is 6.11. The van der Waals surface area contributed by atoms with Gasteiger partial charge in [-0.2, -0.15) is 0 Å². The van der Waals surface area contributed by atoms with E-state index in [0.717, 1.165) is 30.1 Å². The van der Waals surface area contributed by atoms with Crippen molar-refractivity contribution in [3.63, 3.8) is 0 Å². The smallest absolute Gasteiger partial charge is 0.127 e. The van der Waals surface area contributed by atoms with Gasteiger partial charge in [0, 0.05) is 16.9 Å².